The van der Waals surface area contributed by atoms with Gasteiger partial charge in [0, 0.05) is 5.38 Å². The smallest absolute Gasteiger partial charge is 0.212 e. The Morgan fingerprint density at radius 3 is 2.52 bits per heavy atom. The molecule has 0 saturated carbocycles. The van der Waals surface area contributed by atoms with Crippen LogP contribution in [0, 0.1) is 6.07 Å². The lowest BCUT2D eigenvalue weighted by atomic mass is 10.1. The van der Waals surface area contributed by atoms with E-state index < -0.39 is 16.1 Å². The van der Waals surface area contributed by atoms with Crippen molar-refractivity contribution in [2.24, 2.45) is 0 Å². The van der Waals surface area contributed by atoms with Crippen LogP contribution in [-0.2, 0) is 22.9 Å². The van der Waals surface area contributed by atoms with Gasteiger partial charge in [0.25, 0.3) is 0 Å². The standard InChI is InChI=1S/C24H23N2O2S3/c27-31(28,16-8-13-19-9-3-1-4-10-19)26-21(17-20-11-5-2-6-12-20)22-18-30-24(25-22)23-14-7-15-29-23/h1,3-7,9-12,14-15,18,21,26H,8,13,16-17H2/t21-/m0/s1. The molecule has 0 aliphatic carbocycles. The lowest BCUT2D eigenvalue weighted by Gasteiger charge is -2.17. The number of nitrogens with zero attached hydrogens (tertiary/aromatic N) is 1. The molecule has 0 saturated heterocycles. The summed E-state index contributed by atoms with van der Waals surface area (Å²) in [6.07, 6.45) is 1.85. The molecule has 4 aromatic rings. The largest absolute Gasteiger partial charge is 0.239 e. The fraction of sp³-hybridized carbons (Fsp3) is 0.208. The maximum Gasteiger partial charge on any atom is 0.212 e. The van der Waals surface area contributed by atoms with Crippen molar-refractivity contribution in [1.82, 2.24) is 9.71 Å². The fourth-order valence-electron chi connectivity index (χ4n) is 3.35. The number of nitrogens with one attached hydrogen (secondary N) is 1. The second kappa shape index (κ2) is 10.3. The van der Waals surface area contributed by atoms with Gasteiger partial charge >= 0.3 is 0 Å². The molecule has 1 atom stereocenters. The first-order valence-corrected chi connectivity index (χ1v) is 13.5. The quantitative estimate of drug-likeness (QED) is 0.335. The van der Waals surface area contributed by atoms with Gasteiger partial charge in [-0.2, -0.15) is 0 Å². The number of sulfonamides is 1. The number of rotatable bonds is 10. The van der Waals surface area contributed by atoms with Gasteiger partial charge in [-0.05, 0) is 47.9 Å². The number of hydrogen-bond donors (Lipinski definition) is 1. The van der Waals surface area contributed by atoms with Gasteiger partial charge in [0.2, 0.25) is 10.0 Å². The van der Waals surface area contributed by atoms with Crippen LogP contribution in [0.15, 0.2) is 77.5 Å². The van der Waals surface area contributed by atoms with Crippen molar-refractivity contribution in [3.63, 3.8) is 0 Å². The van der Waals surface area contributed by atoms with Crippen LogP contribution in [0.25, 0.3) is 9.88 Å². The van der Waals surface area contributed by atoms with Crippen LogP contribution in [0.3, 0.4) is 0 Å². The van der Waals surface area contributed by atoms with Crippen LogP contribution in [0.1, 0.15) is 29.3 Å². The summed E-state index contributed by atoms with van der Waals surface area (Å²) in [6.45, 7) is 0. The molecule has 0 aliphatic rings. The average molecular weight is 468 g/mol. The zero-order valence-electron chi connectivity index (χ0n) is 16.9. The number of aromatic nitrogens is 1. The minimum Gasteiger partial charge on any atom is -0.239 e. The molecule has 4 rings (SSSR count). The first-order chi connectivity index (χ1) is 15.1. The van der Waals surface area contributed by atoms with Crippen molar-refractivity contribution < 1.29 is 8.42 Å². The zero-order valence-corrected chi connectivity index (χ0v) is 19.3. The molecular weight excluding hydrogens is 444 g/mol. The summed E-state index contributed by atoms with van der Waals surface area (Å²) in [5.41, 5.74) is 2.95. The Balaban J connectivity index is 1.48. The number of thiophene rings is 1. The Hall–Kier alpha value is -2.32. The molecule has 0 unspecified atom stereocenters. The monoisotopic (exact) mass is 467 g/mol. The van der Waals surface area contributed by atoms with Gasteiger partial charge in [-0.25, -0.2) is 18.1 Å². The maximum atomic E-state index is 12.9. The molecule has 7 heteroatoms. The summed E-state index contributed by atoms with van der Waals surface area (Å²) in [5, 5.41) is 4.89. The van der Waals surface area contributed by atoms with E-state index in [1.54, 1.807) is 22.7 Å². The van der Waals surface area contributed by atoms with Crippen molar-refractivity contribution in [2.45, 2.75) is 25.3 Å². The zero-order chi connectivity index (χ0) is 21.5. The van der Waals surface area contributed by atoms with Crippen LogP contribution < -0.4 is 4.72 Å². The summed E-state index contributed by atoms with van der Waals surface area (Å²) in [5.74, 6) is 0.0862. The Bertz CT molecular complexity index is 1170. The maximum absolute atomic E-state index is 12.9. The van der Waals surface area contributed by atoms with Crippen LogP contribution >= 0.6 is 22.7 Å². The molecule has 159 valence electrons. The van der Waals surface area contributed by atoms with Crippen molar-refractivity contribution in [1.29, 1.82) is 0 Å². The van der Waals surface area contributed by atoms with E-state index >= 15 is 0 Å². The molecule has 1 radical (unpaired) electrons. The first-order valence-electron chi connectivity index (χ1n) is 10.1. The Kier molecular flexibility index (Phi) is 7.29. The Morgan fingerprint density at radius 2 is 1.77 bits per heavy atom. The minimum atomic E-state index is -3.45. The minimum absolute atomic E-state index is 0.0862. The molecule has 31 heavy (non-hydrogen) atoms. The van der Waals surface area contributed by atoms with Gasteiger partial charge in [0.1, 0.15) is 5.01 Å². The lowest BCUT2D eigenvalue weighted by molar-refractivity contribution is 0.549. The van der Waals surface area contributed by atoms with E-state index in [1.807, 2.05) is 77.5 Å². The van der Waals surface area contributed by atoms with Gasteiger partial charge in [0.05, 0.1) is 22.4 Å². The molecule has 2 heterocycles. The highest BCUT2D eigenvalue weighted by Gasteiger charge is 2.22. The molecule has 0 spiro atoms. The van der Waals surface area contributed by atoms with E-state index in [4.69, 9.17) is 4.98 Å². The van der Waals surface area contributed by atoms with Gasteiger partial charge in [-0.1, -0.05) is 60.7 Å². The third kappa shape index (κ3) is 6.33. The van der Waals surface area contributed by atoms with E-state index in [2.05, 4.69) is 10.8 Å². The Labute approximate surface area is 191 Å². The summed E-state index contributed by atoms with van der Waals surface area (Å²) < 4.78 is 28.7. The normalized spacial score (nSPS) is 12.6. The molecule has 4 nitrogen and oxygen atoms in total. The van der Waals surface area contributed by atoms with E-state index in [0.717, 1.165) is 33.1 Å². The van der Waals surface area contributed by atoms with Crippen LogP contribution in [0.4, 0.5) is 0 Å². The second-order valence-electron chi connectivity index (χ2n) is 7.25. The van der Waals surface area contributed by atoms with Crippen LogP contribution in [0.2, 0.25) is 0 Å². The molecule has 0 bridgehead atoms. The van der Waals surface area contributed by atoms with Crippen molar-refractivity contribution >= 4 is 32.7 Å². The SMILES string of the molecule is O=S(=O)(CCCc1ccccc1)N[C@@H](Cc1cc[c]cc1)c1csc(-c2cccs2)n1. The summed E-state index contributed by atoms with van der Waals surface area (Å²) in [4.78, 5) is 5.85. The van der Waals surface area contributed by atoms with Gasteiger partial charge in [0.15, 0.2) is 0 Å². The summed E-state index contributed by atoms with van der Waals surface area (Å²) in [6, 6.07) is 24.2. The second-order valence-corrected chi connectivity index (χ2v) is 10.9. The summed E-state index contributed by atoms with van der Waals surface area (Å²) in [7, 11) is -3.45. The topological polar surface area (TPSA) is 59.1 Å². The number of benzene rings is 2. The van der Waals surface area contributed by atoms with E-state index in [0.29, 0.717) is 12.8 Å². The van der Waals surface area contributed by atoms with Gasteiger partial charge < -0.3 is 0 Å². The molecule has 0 amide bonds. The van der Waals surface area contributed by atoms with E-state index in [-0.39, 0.29) is 5.75 Å². The average Bonchev–Trinajstić information content (AvgIpc) is 3.47. The molecule has 1 N–H and O–H groups in total. The first kappa shape index (κ1) is 21.9. The fourth-order valence-corrected chi connectivity index (χ4v) is 6.31. The van der Waals surface area contributed by atoms with Crippen LogP contribution in [0.5, 0.6) is 0 Å². The highest BCUT2D eigenvalue weighted by atomic mass is 32.2. The van der Waals surface area contributed by atoms with Gasteiger partial charge in [-0.15, -0.1) is 22.7 Å². The molecular formula is C24H23N2O2S3. The van der Waals surface area contributed by atoms with Crippen molar-refractivity contribution in [2.75, 3.05) is 5.75 Å². The van der Waals surface area contributed by atoms with Gasteiger partial charge in [-0.3, -0.25) is 0 Å². The molecule has 0 aliphatic heterocycles. The molecule has 0 fully saturated rings. The number of thiazole rings is 1. The van der Waals surface area contributed by atoms with Crippen molar-refractivity contribution in [3.05, 3.63) is 100 Å². The molecule has 2 aromatic heterocycles. The highest BCUT2D eigenvalue weighted by Crippen LogP contribution is 2.31. The Morgan fingerprint density at radius 1 is 0.968 bits per heavy atom. The lowest BCUT2D eigenvalue weighted by Crippen LogP contribution is -2.32. The predicted molar refractivity (Wildman–Crippen MR) is 129 cm³/mol. The van der Waals surface area contributed by atoms with Crippen molar-refractivity contribution in [3.8, 4) is 9.88 Å². The highest BCUT2D eigenvalue weighted by molar-refractivity contribution is 7.89. The van der Waals surface area contributed by atoms with E-state index in [9.17, 15) is 8.42 Å². The number of aryl methyl sites for hydroxylation is 1. The van der Waals surface area contributed by atoms with Crippen LogP contribution in [-0.4, -0.2) is 19.2 Å². The third-order valence-electron chi connectivity index (χ3n) is 4.88. The predicted octanol–water partition coefficient (Wildman–Crippen LogP) is 5.51. The van der Waals surface area contributed by atoms with E-state index in [1.165, 1.54) is 0 Å². The number of hydrogen-bond acceptors (Lipinski definition) is 5. The summed E-state index contributed by atoms with van der Waals surface area (Å²) >= 11 is 3.18. The molecule has 2 aromatic carbocycles. The third-order valence-corrected chi connectivity index (χ3v) is 8.25.